The van der Waals surface area contributed by atoms with Crippen molar-refractivity contribution in [2.24, 2.45) is 0 Å². The molecule has 3 nitrogen and oxygen atoms in total. The lowest BCUT2D eigenvalue weighted by Crippen LogP contribution is -2.01. The van der Waals surface area contributed by atoms with Gasteiger partial charge < -0.3 is 16.2 Å². The van der Waals surface area contributed by atoms with Gasteiger partial charge in [-0.05, 0) is 41.8 Å². The van der Waals surface area contributed by atoms with Crippen LogP contribution >= 0.6 is 11.6 Å². The molecule has 0 heterocycles. The van der Waals surface area contributed by atoms with E-state index in [1.165, 1.54) is 0 Å². The van der Waals surface area contributed by atoms with Crippen molar-refractivity contribution in [2.75, 3.05) is 25.2 Å². The van der Waals surface area contributed by atoms with Crippen molar-refractivity contribution in [2.45, 2.75) is 6.42 Å². The van der Waals surface area contributed by atoms with Gasteiger partial charge in [-0.2, -0.15) is 0 Å². The van der Waals surface area contributed by atoms with Crippen LogP contribution in [0.5, 0.6) is 0 Å². The van der Waals surface area contributed by atoms with E-state index in [0.29, 0.717) is 23.0 Å². The van der Waals surface area contributed by atoms with Crippen molar-refractivity contribution >= 4 is 23.0 Å². The second-order valence-corrected chi connectivity index (χ2v) is 4.83. The summed E-state index contributed by atoms with van der Waals surface area (Å²) in [5, 5.41) is 0.700. The minimum absolute atomic E-state index is 0.596. The number of anilines is 2. The van der Waals surface area contributed by atoms with E-state index in [4.69, 9.17) is 27.8 Å². The number of methoxy groups -OCH3 is 1. The molecule has 0 radical (unpaired) electrons. The molecule has 0 saturated carbocycles. The molecule has 0 aliphatic heterocycles. The quantitative estimate of drug-likeness (QED) is 0.842. The zero-order valence-corrected chi connectivity index (χ0v) is 11.6. The molecule has 0 fully saturated rings. The normalized spacial score (nSPS) is 10.6. The van der Waals surface area contributed by atoms with Gasteiger partial charge in [-0.3, -0.25) is 0 Å². The van der Waals surface area contributed by atoms with E-state index in [2.05, 4.69) is 0 Å². The molecule has 0 bridgehead atoms. The lowest BCUT2D eigenvalue weighted by atomic mass is 9.99. The third-order valence-corrected chi connectivity index (χ3v) is 3.27. The van der Waals surface area contributed by atoms with Crippen LogP contribution < -0.4 is 11.5 Å². The largest absolute Gasteiger partial charge is 0.397 e. The number of hydrogen-bond donors (Lipinski definition) is 2. The van der Waals surface area contributed by atoms with Gasteiger partial charge in [0.2, 0.25) is 0 Å². The summed E-state index contributed by atoms with van der Waals surface area (Å²) in [6.07, 6.45) is 0.807. The maximum absolute atomic E-state index is 6.06. The Balaban J connectivity index is 2.43. The molecule has 2 aromatic rings. The van der Waals surface area contributed by atoms with Gasteiger partial charge in [0, 0.05) is 17.7 Å². The van der Waals surface area contributed by atoms with E-state index < -0.39 is 0 Å². The Bertz CT molecular complexity index is 567. The highest BCUT2D eigenvalue weighted by atomic mass is 35.5. The molecule has 4 N–H and O–H groups in total. The summed E-state index contributed by atoms with van der Waals surface area (Å²) in [4.78, 5) is 0. The summed E-state index contributed by atoms with van der Waals surface area (Å²) in [6.45, 7) is 0.656. The van der Waals surface area contributed by atoms with E-state index >= 15 is 0 Å². The Morgan fingerprint density at radius 3 is 2.42 bits per heavy atom. The van der Waals surface area contributed by atoms with Crippen LogP contribution in [0.25, 0.3) is 11.1 Å². The predicted octanol–water partition coefficient (Wildman–Crippen LogP) is 3.36. The molecule has 0 atom stereocenters. The topological polar surface area (TPSA) is 61.3 Å². The lowest BCUT2D eigenvalue weighted by Gasteiger charge is -2.12. The Morgan fingerprint density at radius 1 is 1.11 bits per heavy atom. The molecule has 0 aromatic heterocycles. The maximum atomic E-state index is 6.06. The zero-order chi connectivity index (χ0) is 13.8. The van der Waals surface area contributed by atoms with Crippen molar-refractivity contribution in [3.8, 4) is 11.1 Å². The fourth-order valence-electron chi connectivity index (χ4n) is 1.97. The first kappa shape index (κ1) is 13.7. The molecular weight excluding hydrogens is 260 g/mol. The second kappa shape index (κ2) is 5.95. The summed E-state index contributed by atoms with van der Waals surface area (Å²) in [5.41, 5.74) is 16.3. The highest BCUT2D eigenvalue weighted by Gasteiger charge is 2.08. The number of halogens is 1. The molecule has 0 saturated heterocycles. The molecular formula is C15H17ClN2O. The van der Waals surface area contributed by atoms with Crippen LogP contribution in [0.3, 0.4) is 0 Å². The van der Waals surface area contributed by atoms with E-state index in [9.17, 15) is 0 Å². The first-order valence-electron chi connectivity index (χ1n) is 6.04. The zero-order valence-electron chi connectivity index (χ0n) is 10.8. The molecule has 0 amide bonds. The smallest absolute Gasteiger partial charge is 0.0627 e. The predicted molar refractivity (Wildman–Crippen MR) is 81.3 cm³/mol. The third-order valence-electron chi connectivity index (χ3n) is 3.02. The number of rotatable bonds is 4. The average Bonchev–Trinajstić information content (AvgIpc) is 2.41. The molecule has 100 valence electrons. The van der Waals surface area contributed by atoms with Crippen LogP contribution in [0.1, 0.15) is 5.56 Å². The average molecular weight is 277 g/mol. The van der Waals surface area contributed by atoms with Crippen molar-refractivity contribution in [3.05, 3.63) is 47.0 Å². The Morgan fingerprint density at radius 2 is 1.79 bits per heavy atom. The van der Waals surface area contributed by atoms with Gasteiger partial charge in [0.1, 0.15) is 0 Å². The molecule has 0 spiro atoms. The molecule has 4 heteroatoms. The molecule has 0 aliphatic rings. The summed E-state index contributed by atoms with van der Waals surface area (Å²) in [7, 11) is 1.68. The molecule has 0 aliphatic carbocycles. The molecule has 19 heavy (non-hydrogen) atoms. The fourth-order valence-corrected chi connectivity index (χ4v) is 2.10. The second-order valence-electron chi connectivity index (χ2n) is 4.40. The van der Waals surface area contributed by atoms with Gasteiger partial charge in [-0.1, -0.05) is 23.7 Å². The van der Waals surface area contributed by atoms with E-state index in [1.54, 1.807) is 7.11 Å². The number of ether oxygens (including phenoxy) is 1. The van der Waals surface area contributed by atoms with Gasteiger partial charge >= 0.3 is 0 Å². The van der Waals surface area contributed by atoms with E-state index in [-0.39, 0.29) is 0 Å². The van der Waals surface area contributed by atoms with Crippen LogP contribution in [-0.2, 0) is 11.2 Å². The minimum Gasteiger partial charge on any atom is -0.397 e. The van der Waals surface area contributed by atoms with Crippen LogP contribution in [0.2, 0.25) is 5.02 Å². The maximum Gasteiger partial charge on any atom is 0.0627 e. The minimum atomic E-state index is 0.596. The summed E-state index contributed by atoms with van der Waals surface area (Å²) >= 11 is 5.90. The molecule has 2 rings (SSSR count). The fraction of sp³-hybridized carbons (Fsp3) is 0.200. The van der Waals surface area contributed by atoms with Crippen molar-refractivity contribution < 1.29 is 4.74 Å². The Labute approximate surface area is 118 Å². The standard InChI is InChI=1S/C15H17ClN2O/c1-19-7-6-10-8-13(15(18)14(17)9-10)11-2-4-12(16)5-3-11/h2-5,8-9H,6-7,17-18H2,1H3. The molecule has 0 unspecified atom stereocenters. The summed E-state index contributed by atoms with van der Waals surface area (Å²) < 4.78 is 5.09. The highest BCUT2D eigenvalue weighted by molar-refractivity contribution is 6.30. The first-order chi connectivity index (χ1) is 9.11. The summed E-state index contributed by atoms with van der Waals surface area (Å²) in [5.74, 6) is 0. The lowest BCUT2D eigenvalue weighted by molar-refractivity contribution is 0.202. The van der Waals surface area contributed by atoms with Gasteiger partial charge in [0.25, 0.3) is 0 Å². The monoisotopic (exact) mass is 276 g/mol. The van der Waals surface area contributed by atoms with Gasteiger partial charge in [-0.25, -0.2) is 0 Å². The van der Waals surface area contributed by atoms with Crippen molar-refractivity contribution in [3.63, 3.8) is 0 Å². The SMILES string of the molecule is COCCc1cc(N)c(N)c(-c2ccc(Cl)cc2)c1. The number of nitrogens with two attached hydrogens (primary N) is 2. The molecule has 2 aromatic carbocycles. The van der Waals surface area contributed by atoms with Crippen LogP contribution in [0, 0.1) is 0 Å². The van der Waals surface area contributed by atoms with Crippen LogP contribution in [-0.4, -0.2) is 13.7 Å². The van der Waals surface area contributed by atoms with E-state index in [1.807, 2.05) is 36.4 Å². The van der Waals surface area contributed by atoms with Gasteiger partial charge in [-0.15, -0.1) is 0 Å². The van der Waals surface area contributed by atoms with Gasteiger partial charge in [0.15, 0.2) is 0 Å². The van der Waals surface area contributed by atoms with Crippen molar-refractivity contribution in [1.82, 2.24) is 0 Å². The number of benzene rings is 2. The van der Waals surface area contributed by atoms with Crippen LogP contribution in [0.15, 0.2) is 36.4 Å². The van der Waals surface area contributed by atoms with Crippen molar-refractivity contribution in [1.29, 1.82) is 0 Å². The first-order valence-corrected chi connectivity index (χ1v) is 6.42. The van der Waals surface area contributed by atoms with Crippen LogP contribution in [0.4, 0.5) is 11.4 Å². The van der Waals surface area contributed by atoms with Gasteiger partial charge in [0.05, 0.1) is 18.0 Å². The number of nitrogen functional groups attached to an aromatic ring is 2. The Kier molecular flexibility index (Phi) is 4.30. The summed E-state index contributed by atoms with van der Waals surface area (Å²) in [6, 6.07) is 11.5. The highest BCUT2D eigenvalue weighted by Crippen LogP contribution is 2.32. The third kappa shape index (κ3) is 3.19. The Hall–Kier alpha value is -1.71. The van der Waals surface area contributed by atoms with E-state index in [0.717, 1.165) is 23.1 Å². The number of hydrogen-bond acceptors (Lipinski definition) is 3.